The lowest BCUT2D eigenvalue weighted by atomic mass is 10.3. The first-order valence-electron chi connectivity index (χ1n) is 8.66. The number of guanidine groups is 1. The number of hydrogen-bond acceptors (Lipinski definition) is 5. The minimum Gasteiger partial charge on any atom is -0.444 e. The van der Waals surface area contributed by atoms with E-state index in [1.165, 1.54) is 0 Å². The molecule has 0 unspecified atom stereocenters. The Kier molecular flexibility index (Phi) is 9.76. The predicted molar refractivity (Wildman–Crippen MR) is 116 cm³/mol. The molecule has 2 rings (SSSR count). The van der Waals surface area contributed by atoms with E-state index >= 15 is 0 Å². The summed E-state index contributed by atoms with van der Waals surface area (Å²) >= 11 is 0. The number of aliphatic imine (C=N–C) groups is 1. The Balaban J connectivity index is 0.00000364. The summed E-state index contributed by atoms with van der Waals surface area (Å²) in [5.74, 6) is 2.44. The van der Waals surface area contributed by atoms with Gasteiger partial charge in [-0.25, -0.2) is 15.0 Å². The Morgan fingerprint density at radius 3 is 2.59 bits per heavy atom. The fraction of sp³-hybridized carbons (Fsp3) is 0.444. The molecular formula is C18H27IN6O2. The summed E-state index contributed by atoms with van der Waals surface area (Å²) in [5, 5.41) is 9.04. The number of rotatable bonds is 7. The predicted octanol–water partition coefficient (Wildman–Crippen LogP) is 2.70. The van der Waals surface area contributed by atoms with Gasteiger partial charge in [-0.3, -0.25) is 4.79 Å². The van der Waals surface area contributed by atoms with Gasteiger partial charge in [-0.15, -0.1) is 24.0 Å². The molecule has 8 nitrogen and oxygen atoms in total. The number of aryl methyl sites for hydroxylation is 3. The van der Waals surface area contributed by atoms with Gasteiger partial charge < -0.3 is 20.4 Å². The SMILES string of the molecule is CCNC(=NCc1nc(C)c(C)o1)NCCC(=O)Nc1cccc(C)n1.I. The van der Waals surface area contributed by atoms with Crippen molar-refractivity contribution in [2.45, 2.75) is 40.7 Å². The Labute approximate surface area is 176 Å². The maximum atomic E-state index is 12.0. The van der Waals surface area contributed by atoms with Crippen molar-refractivity contribution in [2.75, 3.05) is 18.4 Å². The highest BCUT2D eigenvalue weighted by Crippen LogP contribution is 2.09. The van der Waals surface area contributed by atoms with Crippen LogP contribution in [0.15, 0.2) is 27.6 Å². The highest BCUT2D eigenvalue weighted by atomic mass is 127. The largest absolute Gasteiger partial charge is 0.444 e. The smallest absolute Gasteiger partial charge is 0.227 e. The van der Waals surface area contributed by atoms with E-state index in [4.69, 9.17) is 4.42 Å². The van der Waals surface area contributed by atoms with Crippen molar-refractivity contribution in [3.8, 4) is 0 Å². The van der Waals surface area contributed by atoms with Crippen molar-refractivity contribution in [3.63, 3.8) is 0 Å². The molecule has 0 saturated heterocycles. The summed E-state index contributed by atoms with van der Waals surface area (Å²) in [6.45, 7) is 9.14. The highest BCUT2D eigenvalue weighted by molar-refractivity contribution is 14.0. The highest BCUT2D eigenvalue weighted by Gasteiger charge is 2.07. The Hall–Kier alpha value is -2.17. The van der Waals surface area contributed by atoms with Crippen molar-refractivity contribution in [1.82, 2.24) is 20.6 Å². The molecule has 3 N–H and O–H groups in total. The quantitative estimate of drug-likeness (QED) is 0.316. The third-order valence-corrected chi connectivity index (χ3v) is 3.59. The fourth-order valence-electron chi connectivity index (χ4n) is 2.21. The van der Waals surface area contributed by atoms with E-state index in [2.05, 4.69) is 30.9 Å². The zero-order valence-electron chi connectivity index (χ0n) is 16.1. The average Bonchev–Trinajstić information content (AvgIpc) is 2.91. The lowest BCUT2D eigenvalue weighted by molar-refractivity contribution is -0.116. The second-order valence-electron chi connectivity index (χ2n) is 5.83. The van der Waals surface area contributed by atoms with Crippen LogP contribution < -0.4 is 16.0 Å². The van der Waals surface area contributed by atoms with Crippen LogP contribution in [0, 0.1) is 20.8 Å². The number of hydrogen-bond donors (Lipinski definition) is 3. The lowest BCUT2D eigenvalue weighted by Crippen LogP contribution is -2.38. The normalized spacial score (nSPS) is 10.9. The van der Waals surface area contributed by atoms with Crippen LogP contribution in [0.3, 0.4) is 0 Å². The van der Waals surface area contributed by atoms with Crippen molar-refractivity contribution in [1.29, 1.82) is 0 Å². The van der Waals surface area contributed by atoms with Crippen LogP contribution in [-0.2, 0) is 11.3 Å². The molecule has 2 heterocycles. The van der Waals surface area contributed by atoms with Crippen LogP contribution in [0.1, 0.15) is 36.4 Å². The molecular weight excluding hydrogens is 459 g/mol. The first kappa shape index (κ1) is 22.9. The van der Waals surface area contributed by atoms with Crippen molar-refractivity contribution in [2.24, 2.45) is 4.99 Å². The van der Waals surface area contributed by atoms with Gasteiger partial charge in [-0.2, -0.15) is 0 Å². The molecule has 2 aromatic rings. The molecule has 0 fully saturated rings. The number of nitrogens with zero attached hydrogens (tertiary/aromatic N) is 3. The number of pyridine rings is 1. The third kappa shape index (κ3) is 7.94. The zero-order valence-corrected chi connectivity index (χ0v) is 18.5. The van der Waals surface area contributed by atoms with E-state index < -0.39 is 0 Å². The molecule has 9 heteroatoms. The van der Waals surface area contributed by atoms with Gasteiger partial charge in [-0.05, 0) is 39.8 Å². The molecule has 0 aromatic carbocycles. The van der Waals surface area contributed by atoms with Crippen LogP contribution in [0.2, 0.25) is 0 Å². The van der Waals surface area contributed by atoms with Gasteiger partial charge in [0.25, 0.3) is 0 Å². The Morgan fingerprint density at radius 2 is 1.96 bits per heavy atom. The molecule has 0 atom stereocenters. The van der Waals surface area contributed by atoms with Crippen LogP contribution in [0.5, 0.6) is 0 Å². The van der Waals surface area contributed by atoms with E-state index in [0.717, 1.165) is 23.7 Å². The summed E-state index contributed by atoms with van der Waals surface area (Å²) in [6, 6.07) is 5.51. The van der Waals surface area contributed by atoms with Crippen molar-refractivity contribution < 1.29 is 9.21 Å². The number of carbonyl (C=O) groups is 1. The molecule has 0 aliphatic carbocycles. The van der Waals surface area contributed by atoms with Gasteiger partial charge in [0.2, 0.25) is 11.8 Å². The van der Waals surface area contributed by atoms with Crippen LogP contribution in [0.4, 0.5) is 5.82 Å². The maximum Gasteiger partial charge on any atom is 0.227 e. The van der Waals surface area contributed by atoms with Gasteiger partial charge >= 0.3 is 0 Å². The molecule has 27 heavy (non-hydrogen) atoms. The molecule has 0 spiro atoms. The molecule has 2 aromatic heterocycles. The van der Waals surface area contributed by atoms with E-state index in [1.807, 2.05) is 39.8 Å². The number of oxazole rings is 1. The minimum absolute atomic E-state index is 0. The van der Waals surface area contributed by atoms with Crippen LogP contribution in [0.25, 0.3) is 0 Å². The molecule has 148 valence electrons. The van der Waals surface area contributed by atoms with Gasteiger partial charge in [0.05, 0.1) is 5.69 Å². The fourth-order valence-corrected chi connectivity index (χ4v) is 2.21. The third-order valence-electron chi connectivity index (χ3n) is 3.59. The Morgan fingerprint density at radius 1 is 1.19 bits per heavy atom. The number of nitrogens with one attached hydrogen (secondary N) is 3. The van der Waals surface area contributed by atoms with E-state index in [-0.39, 0.29) is 29.9 Å². The summed E-state index contributed by atoms with van der Waals surface area (Å²) in [7, 11) is 0. The summed E-state index contributed by atoms with van der Waals surface area (Å²) in [4.78, 5) is 25.0. The van der Waals surface area contributed by atoms with E-state index in [0.29, 0.717) is 37.2 Å². The number of amides is 1. The van der Waals surface area contributed by atoms with Gasteiger partial charge in [0.15, 0.2) is 5.96 Å². The monoisotopic (exact) mass is 486 g/mol. The van der Waals surface area contributed by atoms with Gasteiger partial charge in [0, 0.05) is 25.2 Å². The molecule has 0 bridgehead atoms. The number of carbonyl (C=O) groups excluding carboxylic acids is 1. The average molecular weight is 486 g/mol. The second-order valence-corrected chi connectivity index (χ2v) is 5.83. The molecule has 0 aliphatic heterocycles. The minimum atomic E-state index is -0.106. The summed E-state index contributed by atoms with van der Waals surface area (Å²) in [5.41, 5.74) is 1.73. The number of anilines is 1. The van der Waals surface area contributed by atoms with Crippen LogP contribution in [-0.4, -0.2) is 34.9 Å². The first-order chi connectivity index (χ1) is 12.5. The first-order valence-corrected chi connectivity index (χ1v) is 8.66. The van der Waals surface area contributed by atoms with Crippen LogP contribution >= 0.6 is 24.0 Å². The van der Waals surface area contributed by atoms with E-state index in [9.17, 15) is 4.79 Å². The Bertz CT molecular complexity index is 755. The van der Waals surface area contributed by atoms with Gasteiger partial charge in [-0.1, -0.05) is 6.07 Å². The second kappa shape index (κ2) is 11.5. The molecule has 1 amide bonds. The maximum absolute atomic E-state index is 12.0. The summed E-state index contributed by atoms with van der Waals surface area (Å²) in [6.07, 6.45) is 0.303. The summed E-state index contributed by atoms with van der Waals surface area (Å²) < 4.78 is 5.52. The number of aromatic nitrogens is 2. The van der Waals surface area contributed by atoms with Crippen molar-refractivity contribution in [3.05, 3.63) is 41.2 Å². The molecule has 0 radical (unpaired) electrons. The standard InChI is InChI=1S/C18H26N6O2.HI/c1-5-19-18(21-11-17-23-13(3)14(4)26-17)20-10-9-16(25)24-15-8-6-7-12(2)22-15;/h6-8H,5,9-11H2,1-4H3,(H2,19,20,21)(H,22,24,25);1H. The topological polar surface area (TPSA) is 104 Å². The molecule has 0 saturated carbocycles. The zero-order chi connectivity index (χ0) is 18.9. The van der Waals surface area contributed by atoms with E-state index in [1.54, 1.807) is 6.07 Å². The lowest BCUT2D eigenvalue weighted by Gasteiger charge is -2.11. The number of halogens is 1. The van der Waals surface area contributed by atoms with Gasteiger partial charge in [0.1, 0.15) is 18.1 Å². The molecule has 0 aliphatic rings. The van der Waals surface area contributed by atoms with Crippen molar-refractivity contribution >= 4 is 41.7 Å².